The third-order valence-corrected chi connectivity index (χ3v) is 12.9. The second-order valence-corrected chi connectivity index (χ2v) is 13.7. The molecule has 106 valence electrons. The second kappa shape index (κ2) is 5.48. The van der Waals surface area contributed by atoms with E-state index in [0.717, 1.165) is 34.8 Å². The normalized spacial score (nSPS) is 46.0. The van der Waals surface area contributed by atoms with E-state index in [1.165, 1.54) is 32.1 Å². The zero-order valence-electron chi connectivity index (χ0n) is 12.9. The molecule has 0 bridgehead atoms. The smallest absolute Gasteiger partial charge is 0.160 e. The molecule has 0 spiro atoms. The summed E-state index contributed by atoms with van der Waals surface area (Å²) < 4.78 is 0. The second-order valence-electron chi connectivity index (χ2n) is 7.45. The molecule has 18 heavy (non-hydrogen) atoms. The van der Waals surface area contributed by atoms with Crippen molar-refractivity contribution < 1.29 is 0 Å². The van der Waals surface area contributed by atoms with Crippen molar-refractivity contribution in [3.8, 4) is 0 Å². The molecule has 0 N–H and O–H groups in total. The third-order valence-electron chi connectivity index (χ3n) is 6.68. The molecule has 2 heteroatoms. The highest BCUT2D eigenvalue weighted by Gasteiger charge is 2.53. The van der Waals surface area contributed by atoms with Crippen LogP contribution in [0.1, 0.15) is 59.8 Å². The highest BCUT2D eigenvalue weighted by Crippen LogP contribution is 2.59. The van der Waals surface area contributed by atoms with Crippen LogP contribution in [-0.2, 0) is 0 Å². The van der Waals surface area contributed by atoms with Crippen molar-refractivity contribution in [2.24, 2.45) is 23.7 Å². The summed E-state index contributed by atoms with van der Waals surface area (Å²) in [6.45, 7) is 12.4. The van der Waals surface area contributed by atoms with Gasteiger partial charge in [-0.05, 0) is 34.8 Å². The quantitative estimate of drug-likeness (QED) is 0.427. The van der Waals surface area contributed by atoms with Gasteiger partial charge in [-0.15, -0.1) is 0 Å². The maximum atomic E-state index is 7.28. The predicted octanol–water partition coefficient (Wildman–Crippen LogP) is 6.06. The summed E-state index contributed by atoms with van der Waals surface area (Å²) in [5.41, 5.74) is 1.73. The van der Waals surface area contributed by atoms with Crippen molar-refractivity contribution in [1.82, 2.24) is 0 Å². The lowest BCUT2D eigenvalue weighted by Gasteiger charge is -2.41. The Bertz CT molecular complexity index is 269. The Kier molecular flexibility index (Phi) is 4.54. The Balaban J connectivity index is 2.17. The van der Waals surface area contributed by atoms with Gasteiger partial charge in [-0.3, -0.25) is 0 Å². The molecule has 0 amide bonds. The van der Waals surface area contributed by atoms with E-state index in [9.17, 15) is 0 Å². The number of halogens is 1. The maximum absolute atomic E-state index is 7.28. The van der Waals surface area contributed by atoms with Gasteiger partial charge >= 0.3 is 0 Å². The Hall–Kier alpha value is 0.507. The molecule has 2 saturated carbocycles. The van der Waals surface area contributed by atoms with Crippen molar-refractivity contribution in [3.05, 3.63) is 0 Å². The molecule has 0 aliphatic heterocycles. The molecule has 0 aromatic heterocycles. The van der Waals surface area contributed by atoms with E-state index in [0.29, 0.717) is 0 Å². The Morgan fingerprint density at radius 1 is 0.778 bits per heavy atom. The molecule has 0 radical (unpaired) electrons. The minimum absolute atomic E-state index is 0.839. The van der Waals surface area contributed by atoms with Gasteiger partial charge in [0.25, 0.3) is 0 Å². The zero-order chi connectivity index (χ0) is 13.5. The van der Waals surface area contributed by atoms with Crippen LogP contribution in [0.25, 0.3) is 0 Å². The number of hydrogen-bond donors (Lipinski definition) is 0. The molecule has 0 heterocycles. The molecule has 2 aliphatic carbocycles. The molecule has 2 fully saturated rings. The Morgan fingerprint density at radius 3 is 1.67 bits per heavy atom. The van der Waals surface area contributed by atoms with Gasteiger partial charge in [0.15, 0.2) is 7.38 Å². The Labute approximate surface area is 120 Å². The van der Waals surface area contributed by atoms with Crippen molar-refractivity contribution >= 4 is 18.5 Å². The number of rotatable bonds is 2. The maximum Gasteiger partial charge on any atom is 0.160 e. The van der Waals surface area contributed by atoms with Gasteiger partial charge in [0.1, 0.15) is 0 Å². The van der Waals surface area contributed by atoms with Crippen LogP contribution in [0.3, 0.4) is 0 Å². The van der Waals surface area contributed by atoms with E-state index in [-0.39, 0.29) is 0 Å². The minimum Gasteiger partial charge on any atom is -0.167 e. The highest BCUT2D eigenvalue weighted by atomic mass is 35.6. The highest BCUT2D eigenvalue weighted by molar-refractivity contribution is 7.21. The van der Waals surface area contributed by atoms with Gasteiger partial charge in [0.2, 0.25) is 0 Å². The molecule has 2 aliphatic rings. The molecule has 0 aromatic carbocycles. The van der Waals surface area contributed by atoms with Crippen molar-refractivity contribution in [2.45, 2.75) is 77.4 Å². The fraction of sp³-hybridized carbons (Fsp3) is 1.00. The molecule has 0 aromatic rings. The molecule has 5 unspecified atom stereocenters. The van der Waals surface area contributed by atoms with Crippen LogP contribution in [0.15, 0.2) is 0 Å². The first-order chi connectivity index (χ1) is 8.37. The van der Waals surface area contributed by atoms with Crippen molar-refractivity contribution in [2.75, 3.05) is 0 Å². The standard InChI is InChI=1S/C16H31ClSi/c1-11-12(2)14(4)16(13(11)3)18(5,17)15-9-7-6-8-10-15/h11-16H,6-10H2,1-5H3. The monoisotopic (exact) mass is 286 g/mol. The minimum atomic E-state index is -1.61. The first-order valence-corrected chi connectivity index (χ1v) is 11.7. The van der Waals surface area contributed by atoms with E-state index in [1.54, 1.807) is 0 Å². The largest absolute Gasteiger partial charge is 0.167 e. The van der Waals surface area contributed by atoms with Crippen LogP contribution in [0.5, 0.6) is 0 Å². The summed E-state index contributed by atoms with van der Waals surface area (Å²) in [6, 6.07) is 0. The summed E-state index contributed by atoms with van der Waals surface area (Å²) in [7, 11) is -1.61. The molecule has 0 nitrogen and oxygen atoms in total. The van der Waals surface area contributed by atoms with E-state index in [4.69, 9.17) is 11.1 Å². The van der Waals surface area contributed by atoms with Crippen LogP contribution < -0.4 is 0 Å². The SMILES string of the molecule is CC1C(C)C(C)C([Si](C)(Cl)C2CCCCC2)C1C. The van der Waals surface area contributed by atoms with Crippen molar-refractivity contribution in [1.29, 1.82) is 0 Å². The lowest BCUT2D eigenvalue weighted by molar-refractivity contribution is 0.352. The molecule has 2 rings (SSSR count). The average molecular weight is 287 g/mol. The van der Waals surface area contributed by atoms with E-state index in [1.807, 2.05) is 0 Å². The fourth-order valence-corrected chi connectivity index (χ4v) is 11.6. The first-order valence-electron chi connectivity index (χ1n) is 8.06. The molecule has 0 saturated heterocycles. The van der Waals surface area contributed by atoms with Crippen LogP contribution >= 0.6 is 11.1 Å². The zero-order valence-corrected chi connectivity index (χ0v) is 14.6. The van der Waals surface area contributed by atoms with Gasteiger partial charge in [0.05, 0.1) is 0 Å². The summed E-state index contributed by atoms with van der Waals surface area (Å²) in [5, 5.41) is 0. The number of hydrogen-bond acceptors (Lipinski definition) is 0. The van der Waals surface area contributed by atoms with E-state index < -0.39 is 7.38 Å². The van der Waals surface area contributed by atoms with Gasteiger partial charge in [-0.25, -0.2) is 0 Å². The van der Waals surface area contributed by atoms with Gasteiger partial charge < -0.3 is 0 Å². The average Bonchev–Trinajstić information content (AvgIpc) is 2.55. The molecular formula is C16H31ClSi. The van der Waals surface area contributed by atoms with Crippen molar-refractivity contribution in [3.63, 3.8) is 0 Å². The lowest BCUT2D eigenvalue weighted by atomic mass is 9.92. The van der Waals surface area contributed by atoms with Crippen LogP contribution in [0, 0.1) is 23.7 Å². The topological polar surface area (TPSA) is 0 Å². The van der Waals surface area contributed by atoms with Gasteiger partial charge in [0, 0.05) is 0 Å². The van der Waals surface area contributed by atoms with Gasteiger partial charge in [-0.2, -0.15) is 11.1 Å². The Morgan fingerprint density at radius 2 is 1.22 bits per heavy atom. The van der Waals surface area contributed by atoms with E-state index >= 15 is 0 Å². The summed E-state index contributed by atoms with van der Waals surface area (Å²) in [4.78, 5) is 0. The fourth-order valence-electron chi connectivity index (χ4n) is 5.06. The summed E-state index contributed by atoms with van der Waals surface area (Å²) in [6.07, 6.45) is 7.15. The van der Waals surface area contributed by atoms with Gasteiger partial charge in [-0.1, -0.05) is 66.3 Å². The van der Waals surface area contributed by atoms with Crippen LogP contribution in [0.4, 0.5) is 0 Å². The summed E-state index contributed by atoms with van der Waals surface area (Å²) >= 11 is 7.28. The van der Waals surface area contributed by atoms with Crippen LogP contribution in [-0.4, -0.2) is 7.38 Å². The van der Waals surface area contributed by atoms with E-state index in [2.05, 4.69) is 34.2 Å². The third kappa shape index (κ3) is 2.42. The predicted molar refractivity (Wildman–Crippen MR) is 84.7 cm³/mol. The van der Waals surface area contributed by atoms with Crippen LogP contribution in [0.2, 0.25) is 17.6 Å². The molecular weight excluding hydrogens is 256 g/mol. The molecule has 5 atom stereocenters. The first kappa shape index (κ1) is 14.9. The lowest BCUT2D eigenvalue weighted by Crippen LogP contribution is -2.40. The summed E-state index contributed by atoms with van der Waals surface area (Å²) in [5.74, 6) is 3.40.